The molecule has 0 saturated carbocycles. The lowest BCUT2D eigenvalue weighted by atomic mass is 10.0. The molecule has 2 rings (SSSR count). The van der Waals surface area contributed by atoms with Gasteiger partial charge in [-0.3, -0.25) is 0 Å². The van der Waals surface area contributed by atoms with E-state index in [4.69, 9.17) is 27.9 Å². The molecule has 110 valence electrons. The SMILES string of the molecule is CCCNC(Cc1ccc(Cl)c(Cl)c1)C1=CCCCO1. The molecule has 0 radical (unpaired) electrons. The Labute approximate surface area is 131 Å². The van der Waals surface area contributed by atoms with E-state index in [-0.39, 0.29) is 6.04 Å². The molecule has 1 aliphatic rings. The summed E-state index contributed by atoms with van der Waals surface area (Å²) in [4.78, 5) is 0. The summed E-state index contributed by atoms with van der Waals surface area (Å²) in [5.74, 6) is 1.07. The third-order valence-corrected chi connectivity index (χ3v) is 4.11. The Morgan fingerprint density at radius 3 is 2.80 bits per heavy atom. The van der Waals surface area contributed by atoms with Crippen LogP contribution in [0.3, 0.4) is 0 Å². The second kappa shape index (κ2) is 7.92. The van der Waals surface area contributed by atoms with Gasteiger partial charge in [0.05, 0.1) is 22.7 Å². The van der Waals surface area contributed by atoms with Crippen molar-refractivity contribution in [1.29, 1.82) is 0 Å². The molecule has 0 bridgehead atoms. The van der Waals surface area contributed by atoms with Gasteiger partial charge in [-0.25, -0.2) is 0 Å². The number of allylic oxidation sites excluding steroid dienone is 1. The number of benzene rings is 1. The van der Waals surface area contributed by atoms with E-state index >= 15 is 0 Å². The minimum absolute atomic E-state index is 0.215. The van der Waals surface area contributed by atoms with Gasteiger partial charge < -0.3 is 10.1 Å². The molecule has 1 unspecified atom stereocenters. The van der Waals surface area contributed by atoms with Crippen LogP contribution in [0.2, 0.25) is 10.0 Å². The van der Waals surface area contributed by atoms with E-state index in [1.807, 2.05) is 18.2 Å². The van der Waals surface area contributed by atoms with E-state index in [1.54, 1.807) is 0 Å². The van der Waals surface area contributed by atoms with Crippen LogP contribution in [-0.2, 0) is 11.2 Å². The molecule has 0 saturated heterocycles. The van der Waals surface area contributed by atoms with E-state index in [0.29, 0.717) is 10.0 Å². The van der Waals surface area contributed by atoms with Gasteiger partial charge >= 0.3 is 0 Å². The van der Waals surface area contributed by atoms with Crippen molar-refractivity contribution in [2.75, 3.05) is 13.2 Å². The molecule has 0 amide bonds. The van der Waals surface area contributed by atoms with Crippen LogP contribution in [-0.4, -0.2) is 19.2 Å². The van der Waals surface area contributed by atoms with E-state index in [1.165, 1.54) is 5.56 Å². The van der Waals surface area contributed by atoms with Gasteiger partial charge in [0.2, 0.25) is 0 Å². The molecule has 0 spiro atoms. The summed E-state index contributed by atoms with van der Waals surface area (Å²) in [7, 11) is 0. The van der Waals surface area contributed by atoms with Crippen LogP contribution in [0.5, 0.6) is 0 Å². The molecule has 1 atom stereocenters. The monoisotopic (exact) mass is 313 g/mol. The topological polar surface area (TPSA) is 21.3 Å². The molecule has 1 heterocycles. The maximum Gasteiger partial charge on any atom is 0.109 e. The average molecular weight is 314 g/mol. The second-order valence-corrected chi connectivity index (χ2v) is 5.87. The molecule has 20 heavy (non-hydrogen) atoms. The molecule has 1 aromatic carbocycles. The Balaban J connectivity index is 2.09. The van der Waals surface area contributed by atoms with Crippen LogP contribution in [0.25, 0.3) is 0 Å². The molecule has 0 fully saturated rings. The van der Waals surface area contributed by atoms with Gasteiger partial charge in [0.15, 0.2) is 0 Å². The lowest BCUT2D eigenvalue weighted by Crippen LogP contribution is -2.35. The van der Waals surface area contributed by atoms with Crippen LogP contribution in [0.15, 0.2) is 30.0 Å². The number of ether oxygens (including phenoxy) is 1. The zero-order chi connectivity index (χ0) is 14.4. The van der Waals surface area contributed by atoms with Crippen LogP contribution < -0.4 is 5.32 Å². The Hall–Kier alpha value is -0.700. The van der Waals surface area contributed by atoms with Crippen LogP contribution >= 0.6 is 23.2 Å². The smallest absolute Gasteiger partial charge is 0.109 e. The number of rotatable bonds is 6. The van der Waals surface area contributed by atoms with Crippen molar-refractivity contribution < 1.29 is 4.74 Å². The first kappa shape index (κ1) is 15.7. The van der Waals surface area contributed by atoms with Crippen molar-refractivity contribution in [3.05, 3.63) is 45.6 Å². The van der Waals surface area contributed by atoms with E-state index in [2.05, 4.69) is 18.3 Å². The van der Waals surface area contributed by atoms with Crippen LogP contribution in [0.1, 0.15) is 31.7 Å². The average Bonchev–Trinajstić information content (AvgIpc) is 2.48. The lowest BCUT2D eigenvalue weighted by molar-refractivity contribution is 0.167. The molecule has 1 N–H and O–H groups in total. The van der Waals surface area contributed by atoms with Crippen LogP contribution in [0, 0.1) is 0 Å². The van der Waals surface area contributed by atoms with Gasteiger partial charge in [-0.05, 0) is 56.0 Å². The molecule has 2 nitrogen and oxygen atoms in total. The molecular weight excluding hydrogens is 293 g/mol. The predicted octanol–water partition coefficient (Wildman–Crippen LogP) is 4.60. The highest BCUT2D eigenvalue weighted by Gasteiger charge is 2.18. The summed E-state index contributed by atoms with van der Waals surface area (Å²) in [5, 5.41) is 4.76. The fraction of sp³-hybridized carbons (Fsp3) is 0.500. The quantitative estimate of drug-likeness (QED) is 0.828. The van der Waals surface area contributed by atoms with Crippen molar-refractivity contribution in [2.45, 2.75) is 38.6 Å². The van der Waals surface area contributed by atoms with Crippen molar-refractivity contribution in [2.24, 2.45) is 0 Å². The number of hydrogen-bond acceptors (Lipinski definition) is 2. The van der Waals surface area contributed by atoms with Gasteiger partial charge in [-0.1, -0.05) is 36.2 Å². The fourth-order valence-electron chi connectivity index (χ4n) is 2.31. The van der Waals surface area contributed by atoms with Gasteiger partial charge in [-0.15, -0.1) is 0 Å². The molecule has 1 aliphatic heterocycles. The first-order valence-corrected chi connectivity index (χ1v) is 7.96. The van der Waals surface area contributed by atoms with Gasteiger partial charge in [0, 0.05) is 0 Å². The first-order chi connectivity index (χ1) is 9.70. The van der Waals surface area contributed by atoms with E-state index in [0.717, 1.165) is 44.6 Å². The van der Waals surface area contributed by atoms with Crippen molar-refractivity contribution in [3.8, 4) is 0 Å². The zero-order valence-electron chi connectivity index (χ0n) is 11.8. The molecule has 1 aromatic rings. The summed E-state index contributed by atoms with van der Waals surface area (Å²) in [5.41, 5.74) is 1.17. The van der Waals surface area contributed by atoms with Gasteiger partial charge in [0.25, 0.3) is 0 Å². The summed E-state index contributed by atoms with van der Waals surface area (Å²) in [6, 6.07) is 6.03. The minimum Gasteiger partial charge on any atom is -0.497 e. The summed E-state index contributed by atoms with van der Waals surface area (Å²) in [6.45, 7) is 3.96. The Kier molecular flexibility index (Phi) is 6.21. The molecule has 0 aromatic heterocycles. The maximum absolute atomic E-state index is 6.09. The van der Waals surface area contributed by atoms with Gasteiger partial charge in [0.1, 0.15) is 5.76 Å². The highest BCUT2D eigenvalue weighted by Crippen LogP contribution is 2.24. The molecule has 0 aliphatic carbocycles. The third kappa shape index (κ3) is 4.41. The van der Waals surface area contributed by atoms with Crippen molar-refractivity contribution >= 4 is 23.2 Å². The molecule has 4 heteroatoms. The fourth-order valence-corrected chi connectivity index (χ4v) is 2.63. The number of hydrogen-bond donors (Lipinski definition) is 1. The number of halogens is 2. The lowest BCUT2D eigenvalue weighted by Gasteiger charge is -2.25. The minimum atomic E-state index is 0.215. The summed E-state index contributed by atoms with van der Waals surface area (Å²) in [6.07, 6.45) is 6.38. The predicted molar refractivity (Wildman–Crippen MR) is 85.5 cm³/mol. The molecular formula is C16H21Cl2NO. The van der Waals surface area contributed by atoms with Crippen molar-refractivity contribution in [3.63, 3.8) is 0 Å². The maximum atomic E-state index is 6.09. The summed E-state index contributed by atoms with van der Waals surface area (Å²) >= 11 is 12.1. The highest BCUT2D eigenvalue weighted by molar-refractivity contribution is 6.42. The Bertz CT molecular complexity index is 474. The number of nitrogens with one attached hydrogen (secondary N) is 1. The highest BCUT2D eigenvalue weighted by atomic mass is 35.5. The van der Waals surface area contributed by atoms with E-state index < -0.39 is 0 Å². The van der Waals surface area contributed by atoms with Crippen molar-refractivity contribution in [1.82, 2.24) is 5.32 Å². The van der Waals surface area contributed by atoms with Crippen LogP contribution in [0.4, 0.5) is 0 Å². The Morgan fingerprint density at radius 1 is 1.30 bits per heavy atom. The second-order valence-electron chi connectivity index (χ2n) is 5.06. The van der Waals surface area contributed by atoms with E-state index in [9.17, 15) is 0 Å². The normalized spacial score (nSPS) is 16.4. The summed E-state index contributed by atoms with van der Waals surface area (Å²) < 4.78 is 5.80. The van der Waals surface area contributed by atoms with Gasteiger partial charge in [-0.2, -0.15) is 0 Å². The Morgan fingerprint density at radius 2 is 2.15 bits per heavy atom. The first-order valence-electron chi connectivity index (χ1n) is 7.21. The standard InChI is InChI=1S/C16H21Cl2NO/c1-2-8-19-15(16-5-3-4-9-20-16)11-12-6-7-13(17)14(18)10-12/h5-7,10,15,19H,2-4,8-9,11H2,1H3. The largest absolute Gasteiger partial charge is 0.497 e. The zero-order valence-corrected chi connectivity index (χ0v) is 13.3. The third-order valence-electron chi connectivity index (χ3n) is 3.37.